The Morgan fingerprint density at radius 3 is 2.30 bits per heavy atom. The fourth-order valence-electron chi connectivity index (χ4n) is 2.28. The van der Waals surface area contributed by atoms with Gasteiger partial charge in [-0.2, -0.15) is 0 Å². The fourth-order valence-corrected chi connectivity index (χ4v) is 2.28. The van der Waals surface area contributed by atoms with Crippen molar-refractivity contribution in [3.05, 3.63) is 0 Å². The number of ether oxygens (including phenoxy) is 1. The molecule has 0 spiro atoms. The molecule has 2 N–H and O–H groups in total. The summed E-state index contributed by atoms with van der Waals surface area (Å²) in [4.78, 5) is 35.3. The van der Waals surface area contributed by atoms with Gasteiger partial charge in [-0.3, -0.25) is 9.59 Å². The number of hydrogen-bond donors (Lipinski definition) is 2. The fraction of sp³-hybridized carbons (Fsp3) is 0.769. The molecule has 0 unspecified atom stereocenters. The molecule has 0 saturated carbocycles. The predicted molar refractivity (Wildman–Crippen MR) is 69.3 cm³/mol. The summed E-state index contributed by atoms with van der Waals surface area (Å²) in [7, 11) is 0. The van der Waals surface area contributed by atoms with Crippen molar-refractivity contribution in [2.45, 2.75) is 39.2 Å². The Balaban J connectivity index is 2.73. The van der Waals surface area contributed by atoms with Crippen molar-refractivity contribution in [2.24, 2.45) is 11.8 Å². The molecule has 1 rings (SSSR count). The van der Waals surface area contributed by atoms with Crippen molar-refractivity contribution < 1.29 is 29.3 Å². The summed E-state index contributed by atoms with van der Waals surface area (Å²) in [6.45, 7) is 5.58. The molecular weight excluding hydrogens is 266 g/mol. The molecule has 1 fully saturated rings. The summed E-state index contributed by atoms with van der Waals surface area (Å²) in [5.74, 6) is -3.40. The molecule has 0 radical (unpaired) electrons. The van der Waals surface area contributed by atoms with E-state index < -0.39 is 35.5 Å². The van der Waals surface area contributed by atoms with Gasteiger partial charge in [0.1, 0.15) is 5.60 Å². The van der Waals surface area contributed by atoms with Gasteiger partial charge in [0, 0.05) is 19.0 Å². The first-order valence-electron chi connectivity index (χ1n) is 6.52. The summed E-state index contributed by atoms with van der Waals surface area (Å²) in [5.41, 5.74) is -0.636. The van der Waals surface area contributed by atoms with E-state index in [-0.39, 0.29) is 25.9 Å². The lowest BCUT2D eigenvalue weighted by atomic mass is 9.83. The van der Waals surface area contributed by atoms with Crippen LogP contribution in [-0.4, -0.2) is 51.8 Å². The van der Waals surface area contributed by atoms with Crippen LogP contribution in [0.25, 0.3) is 0 Å². The maximum atomic E-state index is 11.9. The molecule has 1 aliphatic rings. The van der Waals surface area contributed by atoms with Crippen molar-refractivity contribution in [1.82, 2.24) is 4.90 Å². The number of hydrogen-bond acceptors (Lipinski definition) is 4. The van der Waals surface area contributed by atoms with Crippen molar-refractivity contribution in [2.75, 3.05) is 13.1 Å². The van der Waals surface area contributed by atoms with Crippen LogP contribution in [0.5, 0.6) is 0 Å². The van der Waals surface area contributed by atoms with E-state index in [2.05, 4.69) is 0 Å². The van der Waals surface area contributed by atoms with Gasteiger partial charge in [-0.15, -0.1) is 0 Å². The third-order valence-corrected chi connectivity index (χ3v) is 3.14. The van der Waals surface area contributed by atoms with E-state index in [4.69, 9.17) is 14.9 Å². The molecule has 1 aliphatic heterocycles. The van der Waals surface area contributed by atoms with Crippen molar-refractivity contribution >= 4 is 18.0 Å². The maximum absolute atomic E-state index is 11.9. The highest BCUT2D eigenvalue weighted by atomic mass is 16.6. The maximum Gasteiger partial charge on any atom is 0.410 e. The van der Waals surface area contributed by atoms with Gasteiger partial charge < -0.3 is 19.8 Å². The molecule has 0 aromatic rings. The minimum Gasteiger partial charge on any atom is -0.481 e. The van der Waals surface area contributed by atoms with Gasteiger partial charge in [0.25, 0.3) is 0 Å². The van der Waals surface area contributed by atoms with Crippen LogP contribution in [0.3, 0.4) is 0 Å². The van der Waals surface area contributed by atoms with Crippen molar-refractivity contribution in [3.63, 3.8) is 0 Å². The van der Waals surface area contributed by atoms with E-state index in [0.29, 0.717) is 0 Å². The van der Waals surface area contributed by atoms with E-state index in [1.54, 1.807) is 20.8 Å². The highest BCUT2D eigenvalue weighted by Gasteiger charge is 2.38. The zero-order chi connectivity index (χ0) is 15.5. The summed E-state index contributed by atoms with van der Waals surface area (Å²) < 4.78 is 5.22. The topological polar surface area (TPSA) is 104 Å². The quantitative estimate of drug-likeness (QED) is 0.813. The summed E-state index contributed by atoms with van der Waals surface area (Å²) in [6.07, 6.45) is -0.556. The monoisotopic (exact) mass is 287 g/mol. The van der Waals surface area contributed by atoms with E-state index in [1.807, 2.05) is 0 Å². The SMILES string of the molecule is CC(C)(C)OC(=O)N1CC[C@@H](C(=O)O)[C@@H](CC(=O)O)C1. The number of piperidine rings is 1. The molecule has 0 aromatic heterocycles. The molecule has 1 amide bonds. The number of nitrogens with zero attached hydrogens (tertiary/aromatic N) is 1. The lowest BCUT2D eigenvalue weighted by Gasteiger charge is -2.36. The Bertz CT molecular complexity index is 400. The number of carboxylic acid groups (broad SMARTS) is 2. The molecule has 1 saturated heterocycles. The summed E-state index contributed by atoms with van der Waals surface area (Å²) in [5, 5.41) is 18.0. The molecule has 20 heavy (non-hydrogen) atoms. The van der Waals surface area contributed by atoms with Gasteiger partial charge in [-0.25, -0.2) is 4.79 Å². The highest BCUT2D eigenvalue weighted by Crippen LogP contribution is 2.27. The second kappa shape index (κ2) is 6.11. The average molecular weight is 287 g/mol. The Hall–Kier alpha value is -1.79. The smallest absolute Gasteiger partial charge is 0.410 e. The largest absolute Gasteiger partial charge is 0.481 e. The van der Waals surface area contributed by atoms with Crippen LogP contribution in [0, 0.1) is 11.8 Å². The Morgan fingerprint density at radius 1 is 1.25 bits per heavy atom. The van der Waals surface area contributed by atoms with Crippen LogP contribution < -0.4 is 0 Å². The minimum atomic E-state index is -1.06. The molecule has 114 valence electrons. The van der Waals surface area contributed by atoms with E-state index in [1.165, 1.54) is 4.90 Å². The van der Waals surface area contributed by atoms with Crippen LogP contribution in [-0.2, 0) is 14.3 Å². The number of carboxylic acids is 2. The zero-order valence-corrected chi connectivity index (χ0v) is 12.0. The average Bonchev–Trinajstić information content (AvgIpc) is 2.25. The van der Waals surface area contributed by atoms with E-state index >= 15 is 0 Å². The molecule has 0 aliphatic carbocycles. The lowest BCUT2D eigenvalue weighted by Crippen LogP contribution is -2.48. The number of carbonyl (C=O) groups is 3. The molecule has 0 aromatic carbocycles. The Morgan fingerprint density at radius 2 is 1.85 bits per heavy atom. The molecule has 2 atom stereocenters. The van der Waals surface area contributed by atoms with Gasteiger partial charge in [0.05, 0.1) is 12.3 Å². The lowest BCUT2D eigenvalue weighted by molar-refractivity contribution is -0.148. The van der Waals surface area contributed by atoms with E-state index in [0.717, 1.165) is 0 Å². The van der Waals surface area contributed by atoms with E-state index in [9.17, 15) is 14.4 Å². The summed E-state index contributed by atoms with van der Waals surface area (Å²) in [6, 6.07) is 0. The molecule has 7 heteroatoms. The first-order valence-corrected chi connectivity index (χ1v) is 6.52. The van der Waals surface area contributed by atoms with Crippen LogP contribution in [0.15, 0.2) is 0 Å². The van der Waals surface area contributed by atoms with Crippen LogP contribution >= 0.6 is 0 Å². The third kappa shape index (κ3) is 4.71. The third-order valence-electron chi connectivity index (χ3n) is 3.14. The zero-order valence-electron chi connectivity index (χ0n) is 12.0. The standard InChI is InChI=1S/C13H21NO6/c1-13(2,3)20-12(19)14-5-4-9(11(17)18)8(7-14)6-10(15)16/h8-9H,4-7H2,1-3H3,(H,15,16)(H,17,18)/t8-,9+/m0/s1. The molecule has 0 bridgehead atoms. The molecular formula is C13H21NO6. The number of aliphatic carboxylic acids is 2. The van der Waals surface area contributed by atoms with Crippen molar-refractivity contribution in [1.29, 1.82) is 0 Å². The second-order valence-electron chi connectivity index (χ2n) is 6.02. The van der Waals surface area contributed by atoms with Crippen molar-refractivity contribution in [3.8, 4) is 0 Å². The number of amides is 1. The molecule has 7 nitrogen and oxygen atoms in total. The first kappa shape index (κ1) is 16.3. The number of likely N-dealkylation sites (tertiary alicyclic amines) is 1. The van der Waals surface area contributed by atoms with Crippen LogP contribution in [0.1, 0.15) is 33.6 Å². The second-order valence-corrected chi connectivity index (χ2v) is 6.02. The van der Waals surface area contributed by atoms with Gasteiger partial charge in [-0.1, -0.05) is 0 Å². The normalized spacial score (nSPS) is 23.2. The highest BCUT2D eigenvalue weighted by molar-refractivity contribution is 5.74. The summed E-state index contributed by atoms with van der Waals surface area (Å²) >= 11 is 0. The first-order chi connectivity index (χ1) is 9.10. The number of rotatable bonds is 3. The van der Waals surface area contributed by atoms with Gasteiger partial charge in [0.2, 0.25) is 0 Å². The Kier molecular flexibility index (Phi) is 4.97. The van der Waals surface area contributed by atoms with Crippen LogP contribution in [0.2, 0.25) is 0 Å². The van der Waals surface area contributed by atoms with Gasteiger partial charge >= 0.3 is 18.0 Å². The number of carbonyl (C=O) groups excluding carboxylic acids is 1. The Labute approximate surface area is 117 Å². The predicted octanol–water partition coefficient (Wildman–Crippen LogP) is 1.42. The van der Waals surface area contributed by atoms with Crippen LogP contribution in [0.4, 0.5) is 4.79 Å². The van der Waals surface area contributed by atoms with Gasteiger partial charge in [0.15, 0.2) is 0 Å². The molecule has 1 heterocycles. The minimum absolute atomic E-state index is 0.0954. The van der Waals surface area contributed by atoms with Gasteiger partial charge in [-0.05, 0) is 27.2 Å².